The summed E-state index contributed by atoms with van der Waals surface area (Å²) in [5, 5.41) is 1.01. The van der Waals surface area contributed by atoms with E-state index in [1.54, 1.807) is 18.4 Å². The average Bonchev–Trinajstić information content (AvgIpc) is 2.65. The predicted octanol–water partition coefficient (Wildman–Crippen LogP) is 1.87. The van der Waals surface area contributed by atoms with Crippen molar-refractivity contribution in [2.24, 2.45) is 5.73 Å². The van der Waals surface area contributed by atoms with Crippen LogP contribution in [0.4, 0.5) is 0 Å². The fourth-order valence-electron chi connectivity index (χ4n) is 1.03. The Hall–Kier alpha value is -0.450. The lowest BCUT2D eigenvalue weighted by Crippen LogP contribution is -2.22. The van der Waals surface area contributed by atoms with Gasteiger partial charge in [-0.25, -0.2) is 4.98 Å². The Morgan fingerprint density at radius 2 is 2.38 bits per heavy atom. The maximum Gasteiger partial charge on any atom is 0.125 e. The van der Waals surface area contributed by atoms with Crippen LogP contribution in [0.25, 0.3) is 0 Å². The first-order valence-electron chi connectivity index (χ1n) is 4.36. The maximum atomic E-state index is 5.52. The summed E-state index contributed by atoms with van der Waals surface area (Å²) in [6.45, 7) is 4.69. The highest BCUT2D eigenvalue weighted by molar-refractivity contribution is 7.11. The second kappa shape index (κ2) is 4.17. The van der Waals surface area contributed by atoms with E-state index in [9.17, 15) is 0 Å². The summed E-state index contributed by atoms with van der Waals surface area (Å²) >= 11 is 1.63. The van der Waals surface area contributed by atoms with Crippen LogP contribution < -0.4 is 5.73 Å². The Morgan fingerprint density at radius 3 is 2.77 bits per heavy atom. The van der Waals surface area contributed by atoms with Gasteiger partial charge in [0.1, 0.15) is 10.6 Å². The molecule has 1 rings (SSSR count). The molecule has 0 aromatic carbocycles. The molecule has 0 radical (unpaired) electrons. The lowest BCUT2D eigenvalue weighted by Gasteiger charge is -2.23. The third-order valence-electron chi connectivity index (χ3n) is 2.33. The van der Waals surface area contributed by atoms with Crippen LogP contribution in [0.1, 0.15) is 30.2 Å². The highest BCUT2D eigenvalue weighted by Gasteiger charge is 2.27. The van der Waals surface area contributed by atoms with Crippen LogP contribution in [0.2, 0.25) is 0 Å². The number of hydrogen-bond donors (Lipinski definition) is 1. The van der Waals surface area contributed by atoms with E-state index in [0.717, 1.165) is 16.3 Å². The number of nitrogens with two attached hydrogens (primary N) is 1. The smallest absolute Gasteiger partial charge is 0.125 e. The lowest BCUT2D eigenvalue weighted by molar-refractivity contribution is -0.00156. The van der Waals surface area contributed by atoms with Gasteiger partial charge < -0.3 is 10.5 Å². The zero-order valence-electron chi connectivity index (χ0n) is 8.33. The molecule has 0 saturated carbocycles. The van der Waals surface area contributed by atoms with Gasteiger partial charge in [-0.1, -0.05) is 6.92 Å². The highest BCUT2D eigenvalue weighted by atomic mass is 32.1. The van der Waals surface area contributed by atoms with Crippen LogP contribution in [0.5, 0.6) is 0 Å². The van der Waals surface area contributed by atoms with Gasteiger partial charge in [0.25, 0.3) is 0 Å². The Labute approximate surface area is 82.9 Å². The second-order valence-corrected chi connectivity index (χ2v) is 4.24. The van der Waals surface area contributed by atoms with E-state index in [4.69, 9.17) is 10.5 Å². The summed E-state index contributed by atoms with van der Waals surface area (Å²) in [5.74, 6) is 0. The van der Waals surface area contributed by atoms with Crippen LogP contribution in [0.15, 0.2) is 6.20 Å². The normalized spacial score (nSPS) is 15.7. The largest absolute Gasteiger partial charge is 0.371 e. The predicted molar refractivity (Wildman–Crippen MR) is 54.7 cm³/mol. The van der Waals surface area contributed by atoms with Crippen LogP contribution in [-0.2, 0) is 16.9 Å². The Kier molecular flexibility index (Phi) is 3.41. The molecule has 0 aliphatic carbocycles. The zero-order chi connectivity index (χ0) is 9.90. The average molecular weight is 200 g/mol. The van der Waals surface area contributed by atoms with Crippen molar-refractivity contribution in [2.45, 2.75) is 32.4 Å². The molecule has 74 valence electrons. The molecule has 0 bridgehead atoms. The number of methoxy groups -OCH3 is 1. The van der Waals surface area contributed by atoms with Crippen molar-refractivity contribution in [3.05, 3.63) is 16.1 Å². The van der Waals surface area contributed by atoms with Crippen molar-refractivity contribution in [1.29, 1.82) is 0 Å². The van der Waals surface area contributed by atoms with Crippen LogP contribution in [0.3, 0.4) is 0 Å². The van der Waals surface area contributed by atoms with E-state index >= 15 is 0 Å². The molecule has 2 N–H and O–H groups in total. The van der Waals surface area contributed by atoms with Gasteiger partial charge in [0, 0.05) is 24.7 Å². The first-order chi connectivity index (χ1) is 6.16. The monoisotopic (exact) mass is 200 g/mol. The number of nitrogens with zero attached hydrogens (tertiary/aromatic N) is 1. The maximum absolute atomic E-state index is 5.52. The minimum absolute atomic E-state index is 0.252. The van der Waals surface area contributed by atoms with Crippen molar-refractivity contribution in [3.8, 4) is 0 Å². The van der Waals surface area contributed by atoms with Crippen LogP contribution >= 0.6 is 11.3 Å². The molecule has 0 aliphatic rings. The summed E-state index contributed by atoms with van der Waals surface area (Å²) in [6, 6.07) is 0. The summed E-state index contributed by atoms with van der Waals surface area (Å²) in [5.41, 5.74) is 5.27. The summed E-state index contributed by atoms with van der Waals surface area (Å²) in [7, 11) is 1.72. The van der Waals surface area contributed by atoms with Crippen LogP contribution in [0, 0.1) is 0 Å². The van der Waals surface area contributed by atoms with Gasteiger partial charge in [0.05, 0.1) is 0 Å². The highest BCUT2D eigenvalue weighted by Crippen LogP contribution is 2.31. The van der Waals surface area contributed by atoms with Crippen molar-refractivity contribution in [3.63, 3.8) is 0 Å². The number of hydrogen-bond acceptors (Lipinski definition) is 4. The van der Waals surface area contributed by atoms with Crippen molar-refractivity contribution in [1.82, 2.24) is 4.98 Å². The number of thiazole rings is 1. The SMILES string of the molecule is CCC(C)(OC)c1ncc(CN)s1. The molecule has 1 unspecified atom stereocenters. The molecule has 13 heavy (non-hydrogen) atoms. The molecule has 1 heterocycles. The molecule has 1 aromatic heterocycles. The number of ether oxygens (including phenoxy) is 1. The summed E-state index contributed by atoms with van der Waals surface area (Å²) in [6.07, 6.45) is 2.74. The van der Waals surface area contributed by atoms with Crippen molar-refractivity contribution >= 4 is 11.3 Å². The molecule has 1 atom stereocenters. The van der Waals surface area contributed by atoms with Crippen molar-refractivity contribution in [2.75, 3.05) is 7.11 Å². The molecule has 0 aliphatic heterocycles. The first-order valence-corrected chi connectivity index (χ1v) is 5.18. The molecule has 4 heteroatoms. The minimum Gasteiger partial charge on any atom is -0.371 e. The fraction of sp³-hybridized carbons (Fsp3) is 0.667. The van der Waals surface area contributed by atoms with E-state index in [-0.39, 0.29) is 5.60 Å². The molecule has 3 nitrogen and oxygen atoms in total. The minimum atomic E-state index is -0.252. The van der Waals surface area contributed by atoms with Crippen LogP contribution in [-0.4, -0.2) is 12.1 Å². The quantitative estimate of drug-likeness (QED) is 0.807. The van der Waals surface area contributed by atoms with Crippen molar-refractivity contribution < 1.29 is 4.74 Å². The molecular weight excluding hydrogens is 184 g/mol. The number of rotatable bonds is 4. The summed E-state index contributed by atoms with van der Waals surface area (Å²) < 4.78 is 5.44. The first kappa shape index (κ1) is 10.6. The van der Waals surface area contributed by atoms with E-state index < -0.39 is 0 Å². The van der Waals surface area contributed by atoms with Gasteiger partial charge in [-0.2, -0.15) is 0 Å². The van der Waals surface area contributed by atoms with Gasteiger partial charge in [0.15, 0.2) is 0 Å². The van der Waals surface area contributed by atoms with Gasteiger partial charge in [0.2, 0.25) is 0 Å². The second-order valence-electron chi connectivity index (χ2n) is 3.12. The molecule has 1 aromatic rings. The van der Waals surface area contributed by atoms with Gasteiger partial charge >= 0.3 is 0 Å². The van der Waals surface area contributed by atoms with Gasteiger partial charge in [-0.3, -0.25) is 0 Å². The Balaban J connectivity index is 2.91. The molecule has 0 spiro atoms. The third kappa shape index (κ3) is 2.07. The fourth-order valence-corrected chi connectivity index (χ4v) is 2.02. The van der Waals surface area contributed by atoms with E-state index in [2.05, 4.69) is 11.9 Å². The van der Waals surface area contributed by atoms with E-state index in [1.165, 1.54) is 0 Å². The standard InChI is InChI=1S/C9H16N2OS/c1-4-9(2,12-3)8-11-6-7(5-10)13-8/h6H,4-5,10H2,1-3H3. The van der Waals surface area contributed by atoms with Gasteiger partial charge in [-0.05, 0) is 13.3 Å². The van der Waals surface area contributed by atoms with E-state index in [1.807, 2.05) is 13.1 Å². The zero-order valence-corrected chi connectivity index (χ0v) is 9.15. The Bertz CT molecular complexity index is 268. The summed E-state index contributed by atoms with van der Waals surface area (Å²) in [4.78, 5) is 5.42. The molecule has 0 saturated heterocycles. The molecular formula is C9H16N2OS. The lowest BCUT2D eigenvalue weighted by atomic mass is 10.1. The van der Waals surface area contributed by atoms with E-state index in [0.29, 0.717) is 6.54 Å². The third-order valence-corrected chi connectivity index (χ3v) is 3.60. The Morgan fingerprint density at radius 1 is 1.69 bits per heavy atom. The topological polar surface area (TPSA) is 48.1 Å². The van der Waals surface area contributed by atoms with Gasteiger partial charge in [-0.15, -0.1) is 11.3 Å². The molecule has 0 amide bonds. The molecule has 0 fully saturated rings. The number of aromatic nitrogens is 1.